The normalized spacial score (nSPS) is 15.9. The molecule has 0 fully saturated rings. The summed E-state index contributed by atoms with van der Waals surface area (Å²) in [4.78, 5) is 21.5. The Balaban J connectivity index is 1.73. The highest BCUT2D eigenvalue weighted by atomic mass is 35.5. The summed E-state index contributed by atoms with van der Waals surface area (Å²) in [6.45, 7) is 7.74. The molecule has 150 valence electrons. The van der Waals surface area contributed by atoms with Crippen molar-refractivity contribution in [3.63, 3.8) is 0 Å². The summed E-state index contributed by atoms with van der Waals surface area (Å²) in [6, 6.07) is 9.52. The highest BCUT2D eigenvalue weighted by Gasteiger charge is 2.33. The molecule has 6 heteroatoms. The van der Waals surface area contributed by atoms with Crippen LogP contribution in [-0.4, -0.2) is 21.5 Å². The van der Waals surface area contributed by atoms with E-state index in [0.717, 1.165) is 33.4 Å². The Hall–Kier alpha value is -2.50. The Bertz CT molecular complexity index is 1130. The van der Waals surface area contributed by atoms with Crippen LogP contribution in [-0.2, 0) is 23.1 Å². The van der Waals surface area contributed by atoms with Gasteiger partial charge in [0.1, 0.15) is 5.60 Å². The Morgan fingerprint density at radius 2 is 1.93 bits per heavy atom. The maximum atomic E-state index is 12.2. The van der Waals surface area contributed by atoms with E-state index < -0.39 is 11.1 Å². The van der Waals surface area contributed by atoms with Gasteiger partial charge in [-0.1, -0.05) is 17.7 Å². The average molecular weight is 410 g/mol. The number of halogens is 1. The van der Waals surface area contributed by atoms with Crippen LogP contribution < -0.4 is 5.73 Å². The van der Waals surface area contributed by atoms with Crippen LogP contribution in [0.4, 0.5) is 0 Å². The molecule has 4 rings (SSSR count). The van der Waals surface area contributed by atoms with Gasteiger partial charge in [-0.05, 0) is 62.9 Å². The molecule has 1 aliphatic rings. The summed E-state index contributed by atoms with van der Waals surface area (Å²) >= 11 is 6.37. The van der Waals surface area contributed by atoms with Gasteiger partial charge in [-0.25, -0.2) is 4.79 Å². The van der Waals surface area contributed by atoms with Crippen LogP contribution in [0.1, 0.15) is 60.7 Å². The van der Waals surface area contributed by atoms with Crippen LogP contribution >= 0.6 is 11.6 Å². The van der Waals surface area contributed by atoms with Gasteiger partial charge in [0.2, 0.25) is 0 Å². The van der Waals surface area contributed by atoms with Crippen molar-refractivity contribution in [1.29, 1.82) is 0 Å². The largest absolute Gasteiger partial charge is 0.456 e. The molecule has 2 aromatic heterocycles. The first-order valence-electron chi connectivity index (χ1n) is 9.62. The number of cyclic esters (lactones) is 1. The number of aromatic nitrogens is 2. The van der Waals surface area contributed by atoms with Gasteiger partial charge in [0.15, 0.2) is 0 Å². The van der Waals surface area contributed by atoms with Crippen molar-refractivity contribution in [2.45, 2.75) is 51.7 Å². The number of carbonyl (C=O) groups is 1. The van der Waals surface area contributed by atoms with E-state index in [1.807, 2.05) is 52.0 Å². The SMILES string of the molecule is CC1(C)Cc2nc(Cc3cc4c(C(C)(C)N)ccc(Cl)c4cn3)ccc2C(=O)O1. The van der Waals surface area contributed by atoms with Crippen LogP contribution in [0.3, 0.4) is 0 Å². The third kappa shape index (κ3) is 3.85. The highest BCUT2D eigenvalue weighted by molar-refractivity contribution is 6.35. The first-order valence-corrected chi connectivity index (χ1v) is 10.00. The van der Waals surface area contributed by atoms with E-state index in [1.165, 1.54) is 0 Å². The molecule has 0 atom stereocenters. The number of nitrogens with two attached hydrogens (primary N) is 1. The number of carbonyl (C=O) groups excluding carboxylic acids is 1. The average Bonchev–Trinajstić information content (AvgIpc) is 2.59. The summed E-state index contributed by atoms with van der Waals surface area (Å²) in [5.41, 5.74) is 9.38. The van der Waals surface area contributed by atoms with E-state index in [0.29, 0.717) is 23.4 Å². The topological polar surface area (TPSA) is 78.1 Å². The second kappa shape index (κ2) is 6.78. The van der Waals surface area contributed by atoms with Gasteiger partial charge in [0.25, 0.3) is 0 Å². The maximum absolute atomic E-state index is 12.2. The Morgan fingerprint density at radius 1 is 1.17 bits per heavy atom. The van der Waals surface area contributed by atoms with E-state index in [2.05, 4.69) is 4.98 Å². The Morgan fingerprint density at radius 3 is 2.66 bits per heavy atom. The minimum Gasteiger partial charge on any atom is -0.456 e. The maximum Gasteiger partial charge on any atom is 0.340 e. The minimum atomic E-state index is -0.546. The van der Waals surface area contributed by atoms with Gasteiger partial charge >= 0.3 is 5.97 Å². The van der Waals surface area contributed by atoms with E-state index in [4.69, 9.17) is 27.1 Å². The molecule has 29 heavy (non-hydrogen) atoms. The smallest absolute Gasteiger partial charge is 0.340 e. The fourth-order valence-corrected chi connectivity index (χ4v) is 4.02. The summed E-state index contributed by atoms with van der Waals surface area (Å²) in [7, 11) is 0. The van der Waals surface area contributed by atoms with Gasteiger partial charge in [-0.3, -0.25) is 9.97 Å². The Labute approximate surface area is 175 Å². The zero-order valence-electron chi connectivity index (χ0n) is 17.0. The van der Waals surface area contributed by atoms with Crippen molar-refractivity contribution in [1.82, 2.24) is 9.97 Å². The molecule has 0 unspecified atom stereocenters. The van der Waals surface area contributed by atoms with E-state index in [9.17, 15) is 4.79 Å². The minimum absolute atomic E-state index is 0.316. The first-order chi connectivity index (χ1) is 13.5. The highest BCUT2D eigenvalue weighted by Crippen LogP contribution is 2.32. The molecular weight excluding hydrogens is 386 g/mol. The van der Waals surface area contributed by atoms with Gasteiger partial charge in [0.05, 0.1) is 11.3 Å². The third-order valence-corrected chi connectivity index (χ3v) is 5.50. The third-order valence-electron chi connectivity index (χ3n) is 5.17. The first kappa shape index (κ1) is 19.8. The van der Waals surface area contributed by atoms with Gasteiger partial charge < -0.3 is 10.5 Å². The lowest BCUT2D eigenvalue weighted by Crippen LogP contribution is -2.36. The predicted molar refractivity (Wildman–Crippen MR) is 114 cm³/mol. The van der Waals surface area contributed by atoms with Crippen LogP contribution in [0.2, 0.25) is 5.02 Å². The number of pyridine rings is 2. The van der Waals surface area contributed by atoms with Crippen LogP contribution in [0.25, 0.3) is 10.8 Å². The van der Waals surface area contributed by atoms with Crippen LogP contribution in [0.5, 0.6) is 0 Å². The van der Waals surface area contributed by atoms with Gasteiger partial charge in [0, 0.05) is 46.4 Å². The molecule has 2 N–H and O–H groups in total. The number of fused-ring (bicyclic) bond motifs is 2. The zero-order chi connectivity index (χ0) is 21.0. The molecule has 0 bridgehead atoms. The molecule has 1 aliphatic heterocycles. The van der Waals surface area contributed by atoms with Gasteiger partial charge in [-0.15, -0.1) is 0 Å². The number of rotatable bonds is 3. The van der Waals surface area contributed by atoms with Crippen molar-refractivity contribution in [2.75, 3.05) is 0 Å². The molecule has 0 saturated carbocycles. The number of hydrogen-bond acceptors (Lipinski definition) is 5. The molecule has 1 aromatic carbocycles. The van der Waals surface area contributed by atoms with Crippen LogP contribution in [0.15, 0.2) is 36.5 Å². The van der Waals surface area contributed by atoms with Crippen molar-refractivity contribution < 1.29 is 9.53 Å². The quantitative estimate of drug-likeness (QED) is 0.641. The lowest BCUT2D eigenvalue weighted by Gasteiger charge is -2.30. The predicted octanol–water partition coefficient (Wildman–Crippen LogP) is 4.56. The van der Waals surface area contributed by atoms with Crippen LogP contribution in [0, 0.1) is 0 Å². The molecule has 0 saturated heterocycles. The standard InChI is InChI=1S/C23H24ClN3O2/c1-22(2)11-20-15(21(28)29-22)6-5-13(27-20)9-14-10-16-17(12-26-14)19(24)8-7-18(16)23(3,4)25/h5-8,10,12H,9,11,25H2,1-4H3. The summed E-state index contributed by atoms with van der Waals surface area (Å²) in [6.07, 6.45) is 2.94. The van der Waals surface area contributed by atoms with Crippen molar-refractivity contribution >= 4 is 28.3 Å². The Kier molecular flexibility index (Phi) is 4.63. The number of hydrogen-bond donors (Lipinski definition) is 1. The fraction of sp³-hybridized carbons (Fsp3) is 0.348. The fourth-order valence-electron chi connectivity index (χ4n) is 3.80. The zero-order valence-corrected chi connectivity index (χ0v) is 17.8. The van der Waals surface area contributed by atoms with Crippen molar-refractivity contribution in [3.8, 4) is 0 Å². The van der Waals surface area contributed by atoms with E-state index in [-0.39, 0.29) is 5.97 Å². The number of ether oxygens (including phenoxy) is 1. The van der Waals surface area contributed by atoms with Crippen molar-refractivity contribution in [3.05, 3.63) is 69.8 Å². The van der Waals surface area contributed by atoms with E-state index in [1.54, 1.807) is 12.3 Å². The number of nitrogens with zero attached hydrogens (tertiary/aromatic N) is 2. The molecule has 0 radical (unpaired) electrons. The second-order valence-corrected chi connectivity index (χ2v) is 9.24. The molecule has 3 heterocycles. The second-order valence-electron chi connectivity index (χ2n) is 8.84. The molecular formula is C23H24ClN3O2. The van der Waals surface area contributed by atoms with E-state index >= 15 is 0 Å². The number of benzene rings is 1. The molecule has 0 spiro atoms. The molecule has 0 amide bonds. The summed E-state index contributed by atoms with van der Waals surface area (Å²) in [5.74, 6) is -0.316. The van der Waals surface area contributed by atoms with Crippen molar-refractivity contribution in [2.24, 2.45) is 5.73 Å². The lowest BCUT2D eigenvalue weighted by molar-refractivity contribution is -0.00720. The lowest BCUT2D eigenvalue weighted by atomic mass is 9.90. The molecule has 0 aliphatic carbocycles. The molecule has 5 nitrogen and oxygen atoms in total. The molecule has 3 aromatic rings. The monoisotopic (exact) mass is 409 g/mol. The summed E-state index contributed by atoms with van der Waals surface area (Å²) < 4.78 is 5.45. The van der Waals surface area contributed by atoms with Gasteiger partial charge in [-0.2, -0.15) is 0 Å². The summed E-state index contributed by atoms with van der Waals surface area (Å²) in [5, 5.41) is 2.53. The number of esters is 1.